The molecule has 1 aliphatic rings. The largest absolute Gasteiger partial charge is 0.467 e. The Hall–Kier alpha value is -2.35. The topological polar surface area (TPSA) is 107 Å². The van der Waals surface area contributed by atoms with Crippen molar-refractivity contribution in [2.75, 3.05) is 11.9 Å². The molecule has 0 radical (unpaired) electrons. The molecule has 0 bridgehead atoms. The van der Waals surface area contributed by atoms with Crippen molar-refractivity contribution in [1.29, 1.82) is 0 Å². The first-order valence-electron chi connectivity index (χ1n) is 8.23. The molecular weight excluding hydrogens is 358 g/mol. The highest BCUT2D eigenvalue weighted by atomic mass is 35.5. The minimum Gasteiger partial charge on any atom is -0.467 e. The van der Waals surface area contributed by atoms with E-state index in [0.29, 0.717) is 30.2 Å². The third kappa shape index (κ3) is 5.08. The molecular formula is C18H22ClN3O4. The molecule has 8 heteroatoms. The number of furan rings is 1. The van der Waals surface area contributed by atoms with E-state index in [-0.39, 0.29) is 36.9 Å². The molecule has 3 rings (SSSR count). The van der Waals surface area contributed by atoms with Crippen molar-refractivity contribution in [1.82, 2.24) is 5.32 Å². The SMILES string of the molecule is Cl.NCc1cc(C(=O)NCc2cccc(NC(=O)C3CCCO3)c2)co1. The summed E-state index contributed by atoms with van der Waals surface area (Å²) in [5.41, 5.74) is 7.45. The molecule has 1 aromatic heterocycles. The second kappa shape index (κ2) is 9.38. The number of halogens is 1. The number of nitrogens with two attached hydrogens (primary N) is 1. The number of hydrogen-bond acceptors (Lipinski definition) is 5. The number of nitrogens with one attached hydrogen (secondary N) is 2. The van der Waals surface area contributed by atoms with Gasteiger partial charge in [0.2, 0.25) is 0 Å². The summed E-state index contributed by atoms with van der Waals surface area (Å²) < 4.78 is 10.5. The van der Waals surface area contributed by atoms with Crippen LogP contribution in [0.5, 0.6) is 0 Å². The number of anilines is 1. The highest BCUT2D eigenvalue weighted by molar-refractivity contribution is 5.95. The molecule has 1 atom stereocenters. The van der Waals surface area contributed by atoms with Crippen LogP contribution in [0.3, 0.4) is 0 Å². The lowest BCUT2D eigenvalue weighted by molar-refractivity contribution is -0.124. The van der Waals surface area contributed by atoms with Gasteiger partial charge in [0.1, 0.15) is 18.1 Å². The number of carbonyl (C=O) groups is 2. The Kier molecular flexibility index (Phi) is 7.20. The van der Waals surface area contributed by atoms with E-state index in [0.717, 1.165) is 18.4 Å². The highest BCUT2D eigenvalue weighted by Gasteiger charge is 2.23. The second-order valence-electron chi connectivity index (χ2n) is 5.88. The molecule has 1 saturated heterocycles. The fourth-order valence-corrected chi connectivity index (χ4v) is 2.66. The number of ether oxygens (including phenoxy) is 1. The summed E-state index contributed by atoms with van der Waals surface area (Å²) in [6, 6.07) is 8.96. The van der Waals surface area contributed by atoms with Crippen LogP contribution >= 0.6 is 12.4 Å². The molecule has 1 aliphatic heterocycles. The molecule has 0 saturated carbocycles. The summed E-state index contributed by atoms with van der Waals surface area (Å²) in [4.78, 5) is 24.2. The van der Waals surface area contributed by atoms with Crippen molar-refractivity contribution >= 4 is 29.9 Å². The number of rotatable bonds is 6. The smallest absolute Gasteiger partial charge is 0.254 e. The Labute approximate surface area is 157 Å². The monoisotopic (exact) mass is 379 g/mol. The summed E-state index contributed by atoms with van der Waals surface area (Å²) in [6.07, 6.45) is 2.66. The molecule has 4 N–H and O–H groups in total. The fourth-order valence-electron chi connectivity index (χ4n) is 2.66. The van der Waals surface area contributed by atoms with Gasteiger partial charge in [-0.3, -0.25) is 9.59 Å². The first kappa shape index (κ1) is 20.0. The Bertz CT molecular complexity index is 756. The number of amides is 2. The summed E-state index contributed by atoms with van der Waals surface area (Å²) in [5.74, 6) is 0.188. The van der Waals surface area contributed by atoms with Gasteiger partial charge < -0.3 is 25.5 Å². The van der Waals surface area contributed by atoms with E-state index in [1.807, 2.05) is 24.3 Å². The minimum atomic E-state index is -0.374. The van der Waals surface area contributed by atoms with Crippen molar-refractivity contribution in [3.63, 3.8) is 0 Å². The maximum absolute atomic E-state index is 12.1. The lowest BCUT2D eigenvalue weighted by Crippen LogP contribution is -2.27. The Balaban J connectivity index is 0.00000243. The summed E-state index contributed by atoms with van der Waals surface area (Å²) in [5, 5.41) is 5.66. The lowest BCUT2D eigenvalue weighted by Gasteiger charge is -2.11. The Morgan fingerprint density at radius 2 is 2.12 bits per heavy atom. The zero-order chi connectivity index (χ0) is 17.6. The highest BCUT2D eigenvalue weighted by Crippen LogP contribution is 2.16. The fraction of sp³-hybridized carbons (Fsp3) is 0.333. The van der Waals surface area contributed by atoms with Gasteiger partial charge in [-0.15, -0.1) is 12.4 Å². The van der Waals surface area contributed by atoms with E-state index < -0.39 is 0 Å². The van der Waals surface area contributed by atoms with E-state index >= 15 is 0 Å². The summed E-state index contributed by atoms with van der Waals surface area (Å²) in [6.45, 7) is 1.22. The maximum Gasteiger partial charge on any atom is 0.254 e. The first-order chi connectivity index (χ1) is 12.2. The van der Waals surface area contributed by atoms with E-state index in [1.54, 1.807) is 6.07 Å². The predicted molar refractivity (Wildman–Crippen MR) is 99.1 cm³/mol. The van der Waals surface area contributed by atoms with Crippen LogP contribution in [0, 0.1) is 0 Å². The quantitative estimate of drug-likeness (QED) is 0.713. The van der Waals surface area contributed by atoms with Gasteiger partial charge >= 0.3 is 0 Å². The second-order valence-corrected chi connectivity index (χ2v) is 5.88. The molecule has 2 amide bonds. The third-order valence-electron chi connectivity index (χ3n) is 3.99. The minimum absolute atomic E-state index is 0. The van der Waals surface area contributed by atoms with E-state index in [9.17, 15) is 9.59 Å². The normalized spacial score (nSPS) is 16.0. The van der Waals surface area contributed by atoms with Crippen LogP contribution in [-0.2, 0) is 22.6 Å². The van der Waals surface area contributed by atoms with E-state index in [2.05, 4.69) is 10.6 Å². The molecule has 1 unspecified atom stereocenters. The van der Waals surface area contributed by atoms with Gasteiger partial charge in [0.05, 0.1) is 12.1 Å². The van der Waals surface area contributed by atoms with Crippen LogP contribution in [0.2, 0.25) is 0 Å². The van der Waals surface area contributed by atoms with Gasteiger partial charge in [-0.05, 0) is 36.6 Å². The Morgan fingerprint density at radius 1 is 1.27 bits per heavy atom. The molecule has 7 nitrogen and oxygen atoms in total. The molecule has 1 aromatic carbocycles. The van der Waals surface area contributed by atoms with Gasteiger partial charge in [0.25, 0.3) is 11.8 Å². The van der Waals surface area contributed by atoms with E-state index in [1.165, 1.54) is 6.26 Å². The number of benzene rings is 1. The van der Waals surface area contributed by atoms with Gasteiger partial charge in [0, 0.05) is 18.8 Å². The zero-order valence-electron chi connectivity index (χ0n) is 14.2. The average molecular weight is 380 g/mol. The third-order valence-corrected chi connectivity index (χ3v) is 3.99. The van der Waals surface area contributed by atoms with Crippen LogP contribution < -0.4 is 16.4 Å². The van der Waals surface area contributed by atoms with Gasteiger partial charge in [-0.1, -0.05) is 12.1 Å². The van der Waals surface area contributed by atoms with Gasteiger partial charge in [-0.25, -0.2) is 0 Å². The van der Waals surface area contributed by atoms with Crippen LogP contribution in [0.15, 0.2) is 41.0 Å². The van der Waals surface area contributed by atoms with Crippen LogP contribution in [0.1, 0.15) is 34.5 Å². The molecule has 26 heavy (non-hydrogen) atoms. The summed E-state index contributed by atoms with van der Waals surface area (Å²) in [7, 11) is 0. The van der Waals surface area contributed by atoms with Crippen LogP contribution in [0.25, 0.3) is 0 Å². The van der Waals surface area contributed by atoms with Crippen molar-refractivity contribution in [2.24, 2.45) is 5.73 Å². The summed E-state index contributed by atoms with van der Waals surface area (Å²) >= 11 is 0. The van der Waals surface area contributed by atoms with Crippen LogP contribution in [-0.4, -0.2) is 24.5 Å². The maximum atomic E-state index is 12.1. The molecule has 2 aromatic rings. The number of hydrogen-bond donors (Lipinski definition) is 3. The molecule has 0 spiro atoms. The predicted octanol–water partition coefficient (Wildman–Crippen LogP) is 2.21. The van der Waals surface area contributed by atoms with Gasteiger partial charge in [-0.2, -0.15) is 0 Å². The standard InChI is InChI=1S/C18H21N3O4.ClH/c19-9-15-8-13(11-25-15)17(22)20-10-12-3-1-4-14(7-12)21-18(23)16-5-2-6-24-16;/h1,3-4,7-8,11,16H,2,5-6,9-10,19H2,(H,20,22)(H,21,23);1H. The number of carbonyl (C=O) groups excluding carboxylic acids is 2. The Morgan fingerprint density at radius 3 is 2.81 bits per heavy atom. The first-order valence-corrected chi connectivity index (χ1v) is 8.23. The van der Waals surface area contributed by atoms with Crippen molar-refractivity contribution in [2.45, 2.75) is 32.0 Å². The van der Waals surface area contributed by atoms with E-state index in [4.69, 9.17) is 14.9 Å². The lowest BCUT2D eigenvalue weighted by atomic mass is 10.1. The van der Waals surface area contributed by atoms with Crippen molar-refractivity contribution in [3.05, 3.63) is 53.5 Å². The average Bonchev–Trinajstić information content (AvgIpc) is 3.31. The van der Waals surface area contributed by atoms with Crippen molar-refractivity contribution in [3.8, 4) is 0 Å². The molecule has 0 aliphatic carbocycles. The van der Waals surface area contributed by atoms with Gasteiger partial charge in [0.15, 0.2) is 0 Å². The molecule has 1 fully saturated rings. The molecule has 2 heterocycles. The zero-order valence-corrected chi connectivity index (χ0v) is 15.0. The van der Waals surface area contributed by atoms with Crippen LogP contribution in [0.4, 0.5) is 5.69 Å². The molecule has 140 valence electrons. The van der Waals surface area contributed by atoms with Crippen molar-refractivity contribution < 1.29 is 18.7 Å².